The lowest BCUT2D eigenvalue weighted by atomic mass is 10.0. The Bertz CT molecular complexity index is 623. The van der Waals surface area contributed by atoms with E-state index in [4.69, 9.17) is 5.73 Å². The van der Waals surface area contributed by atoms with E-state index in [1.54, 1.807) is 27.0 Å². The Balaban J connectivity index is 2.50. The van der Waals surface area contributed by atoms with Crippen molar-refractivity contribution in [3.8, 4) is 5.69 Å². The maximum Gasteiger partial charge on any atom is 0.416 e. The van der Waals surface area contributed by atoms with E-state index in [-0.39, 0.29) is 0 Å². The van der Waals surface area contributed by atoms with E-state index in [0.717, 1.165) is 12.1 Å². The zero-order valence-corrected chi connectivity index (χ0v) is 11.4. The van der Waals surface area contributed by atoms with Gasteiger partial charge in [0.2, 0.25) is 0 Å². The first-order valence-corrected chi connectivity index (χ1v) is 5.99. The van der Waals surface area contributed by atoms with Crippen LogP contribution in [0.3, 0.4) is 0 Å². The van der Waals surface area contributed by atoms with Crippen LogP contribution in [0.2, 0.25) is 0 Å². The molecule has 0 spiro atoms. The Hall–Kier alpha value is -1.89. The van der Waals surface area contributed by atoms with Gasteiger partial charge >= 0.3 is 6.18 Å². The third-order valence-electron chi connectivity index (χ3n) is 2.94. The standard InChI is InChI=1S/C13H15F3N4/c1-8-4-5-9(13(14,15)16)6-10(8)20-7-11(18-19-20)12(2,3)17/h4-7H,17H2,1-3H3. The highest BCUT2D eigenvalue weighted by atomic mass is 19.4. The van der Waals surface area contributed by atoms with Crippen LogP contribution in [0.5, 0.6) is 0 Å². The number of rotatable bonds is 2. The number of aromatic nitrogens is 3. The number of halogens is 3. The van der Waals surface area contributed by atoms with Crippen molar-refractivity contribution in [1.29, 1.82) is 0 Å². The summed E-state index contributed by atoms with van der Waals surface area (Å²) in [7, 11) is 0. The molecule has 0 aliphatic rings. The number of hydrogen-bond donors (Lipinski definition) is 1. The normalized spacial score (nSPS) is 12.8. The summed E-state index contributed by atoms with van der Waals surface area (Å²) in [4.78, 5) is 0. The molecule has 0 saturated carbocycles. The molecule has 2 rings (SSSR count). The minimum Gasteiger partial charge on any atom is -0.320 e. The minimum absolute atomic E-state index is 0.336. The van der Waals surface area contributed by atoms with E-state index in [1.807, 2.05) is 0 Å². The van der Waals surface area contributed by atoms with Crippen LogP contribution in [-0.4, -0.2) is 15.0 Å². The van der Waals surface area contributed by atoms with Gasteiger partial charge in [-0.25, -0.2) is 4.68 Å². The lowest BCUT2D eigenvalue weighted by molar-refractivity contribution is -0.137. The molecule has 0 bridgehead atoms. The highest BCUT2D eigenvalue weighted by Gasteiger charge is 2.31. The number of hydrogen-bond acceptors (Lipinski definition) is 3. The summed E-state index contributed by atoms with van der Waals surface area (Å²) in [5, 5.41) is 7.76. The van der Waals surface area contributed by atoms with Gasteiger partial charge < -0.3 is 5.73 Å². The lowest BCUT2D eigenvalue weighted by Crippen LogP contribution is -2.29. The molecular formula is C13H15F3N4. The van der Waals surface area contributed by atoms with Crippen LogP contribution in [0.4, 0.5) is 13.2 Å². The summed E-state index contributed by atoms with van der Waals surface area (Å²) < 4.78 is 39.5. The molecular weight excluding hydrogens is 269 g/mol. The lowest BCUT2D eigenvalue weighted by Gasteiger charge is -2.14. The Labute approximate surface area is 114 Å². The monoisotopic (exact) mass is 284 g/mol. The van der Waals surface area contributed by atoms with Crippen LogP contribution in [0.1, 0.15) is 30.7 Å². The molecule has 2 N–H and O–H groups in total. The largest absolute Gasteiger partial charge is 0.416 e. The third kappa shape index (κ3) is 2.82. The summed E-state index contributed by atoms with van der Waals surface area (Å²) in [5.41, 5.74) is 5.98. The molecule has 108 valence electrons. The van der Waals surface area contributed by atoms with Crippen molar-refractivity contribution < 1.29 is 13.2 Å². The second-order valence-electron chi connectivity index (χ2n) is 5.27. The number of benzene rings is 1. The second-order valence-corrected chi connectivity index (χ2v) is 5.27. The molecule has 4 nitrogen and oxygen atoms in total. The SMILES string of the molecule is Cc1ccc(C(F)(F)F)cc1-n1cc(C(C)(C)N)nn1. The first-order valence-electron chi connectivity index (χ1n) is 5.99. The minimum atomic E-state index is -4.39. The van der Waals surface area contributed by atoms with Gasteiger partial charge in [0.25, 0.3) is 0 Å². The number of aryl methyl sites for hydroxylation is 1. The van der Waals surface area contributed by atoms with Gasteiger partial charge in [0, 0.05) is 0 Å². The fourth-order valence-corrected chi connectivity index (χ4v) is 1.71. The molecule has 7 heteroatoms. The van der Waals surface area contributed by atoms with E-state index in [2.05, 4.69) is 10.3 Å². The van der Waals surface area contributed by atoms with Crippen LogP contribution in [0.15, 0.2) is 24.4 Å². The smallest absolute Gasteiger partial charge is 0.320 e. The number of alkyl halides is 3. The molecule has 0 unspecified atom stereocenters. The topological polar surface area (TPSA) is 56.7 Å². The van der Waals surface area contributed by atoms with Crippen molar-refractivity contribution >= 4 is 0 Å². The van der Waals surface area contributed by atoms with Crippen LogP contribution in [-0.2, 0) is 11.7 Å². The van der Waals surface area contributed by atoms with E-state index in [9.17, 15) is 13.2 Å². The Kier molecular flexibility index (Phi) is 3.33. The van der Waals surface area contributed by atoms with E-state index in [1.165, 1.54) is 10.7 Å². The van der Waals surface area contributed by atoms with Crippen molar-refractivity contribution in [2.45, 2.75) is 32.5 Å². The number of nitrogens with two attached hydrogens (primary N) is 1. The molecule has 0 aliphatic carbocycles. The fraction of sp³-hybridized carbons (Fsp3) is 0.385. The molecule has 0 radical (unpaired) electrons. The predicted octanol–water partition coefficient (Wildman–Crippen LogP) is 2.79. The molecule has 0 amide bonds. The third-order valence-corrected chi connectivity index (χ3v) is 2.94. The molecule has 2 aromatic rings. The Morgan fingerprint density at radius 2 is 1.85 bits per heavy atom. The Morgan fingerprint density at radius 3 is 2.35 bits per heavy atom. The van der Waals surface area contributed by atoms with Crippen molar-refractivity contribution in [3.63, 3.8) is 0 Å². The van der Waals surface area contributed by atoms with Crippen molar-refractivity contribution in [1.82, 2.24) is 15.0 Å². The maximum atomic E-state index is 12.7. The Morgan fingerprint density at radius 1 is 1.20 bits per heavy atom. The van der Waals surface area contributed by atoms with Gasteiger partial charge in [0.05, 0.1) is 23.0 Å². The molecule has 0 atom stereocenters. The van der Waals surface area contributed by atoms with Gasteiger partial charge in [0.15, 0.2) is 0 Å². The zero-order chi connectivity index (χ0) is 15.1. The van der Waals surface area contributed by atoms with E-state index < -0.39 is 17.3 Å². The van der Waals surface area contributed by atoms with Gasteiger partial charge in [-0.2, -0.15) is 13.2 Å². The molecule has 1 aromatic carbocycles. The average Bonchev–Trinajstić information content (AvgIpc) is 2.76. The summed E-state index contributed by atoms with van der Waals surface area (Å²) in [5.74, 6) is 0. The molecule has 1 heterocycles. The molecule has 0 aliphatic heterocycles. The summed E-state index contributed by atoms with van der Waals surface area (Å²) in [6, 6.07) is 3.51. The summed E-state index contributed by atoms with van der Waals surface area (Å²) in [6.45, 7) is 5.21. The first kappa shape index (κ1) is 14.5. The van der Waals surface area contributed by atoms with E-state index >= 15 is 0 Å². The molecule has 0 fully saturated rings. The van der Waals surface area contributed by atoms with Gasteiger partial charge in [-0.05, 0) is 38.5 Å². The fourth-order valence-electron chi connectivity index (χ4n) is 1.71. The van der Waals surface area contributed by atoms with Gasteiger partial charge in [-0.1, -0.05) is 11.3 Å². The van der Waals surface area contributed by atoms with Crippen LogP contribution < -0.4 is 5.73 Å². The molecule has 1 aromatic heterocycles. The maximum absolute atomic E-state index is 12.7. The summed E-state index contributed by atoms with van der Waals surface area (Å²) >= 11 is 0. The van der Waals surface area contributed by atoms with Gasteiger partial charge in [-0.3, -0.25) is 0 Å². The van der Waals surface area contributed by atoms with Crippen molar-refractivity contribution in [2.75, 3.05) is 0 Å². The van der Waals surface area contributed by atoms with Crippen molar-refractivity contribution in [3.05, 3.63) is 41.2 Å². The highest BCUT2D eigenvalue weighted by molar-refractivity contribution is 5.43. The zero-order valence-electron chi connectivity index (χ0n) is 11.4. The molecule has 0 saturated heterocycles. The van der Waals surface area contributed by atoms with Crippen LogP contribution in [0, 0.1) is 6.92 Å². The summed E-state index contributed by atoms with van der Waals surface area (Å²) in [6.07, 6.45) is -2.85. The first-order chi connectivity index (χ1) is 9.09. The molecule has 20 heavy (non-hydrogen) atoms. The number of nitrogens with zero attached hydrogens (tertiary/aromatic N) is 3. The highest BCUT2D eigenvalue weighted by Crippen LogP contribution is 2.31. The van der Waals surface area contributed by atoms with Crippen molar-refractivity contribution in [2.24, 2.45) is 5.73 Å². The van der Waals surface area contributed by atoms with E-state index in [0.29, 0.717) is 16.9 Å². The average molecular weight is 284 g/mol. The second kappa shape index (κ2) is 4.59. The quantitative estimate of drug-likeness (QED) is 0.922. The van der Waals surface area contributed by atoms with Crippen LogP contribution >= 0.6 is 0 Å². The van der Waals surface area contributed by atoms with Gasteiger partial charge in [-0.15, -0.1) is 5.10 Å². The predicted molar refractivity (Wildman–Crippen MR) is 68.3 cm³/mol. The van der Waals surface area contributed by atoms with Crippen LogP contribution in [0.25, 0.3) is 5.69 Å². The van der Waals surface area contributed by atoms with Gasteiger partial charge in [0.1, 0.15) is 5.69 Å².